The third-order valence-electron chi connectivity index (χ3n) is 2.71. The molecule has 0 aliphatic heterocycles. The lowest BCUT2D eigenvalue weighted by molar-refractivity contribution is -0.113. The van der Waals surface area contributed by atoms with Crippen LogP contribution >= 0.6 is 27.3 Å². The molecule has 118 valence electrons. The Hall–Kier alpha value is -1.12. The number of carbonyl (C=O) groups excluding carboxylic acids is 1. The Morgan fingerprint density at radius 1 is 1.32 bits per heavy atom. The van der Waals surface area contributed by atoms with Crippen molar-refractivity contribution in [2.75, 3.05) is 11.1 Å². The van der Waals surface area contributed by atoms with Crippen molar-refractivity contribution in [1.29, 1.82) is 0 Å². The number of amides is 1. The van der Waals surface area contributed by atoms with Gasteiger partial charge in [0.05, 0.1) is 0 Å². The fourth-order valence-electron chi connectivity index (χ4n) is 1.64. The van der Waals surface area contributed by atoms with Gasteiger partial charge in [0.25, 0.3) is 0 Å². The summed E-state index contributed by atoms with van der Waals surface area (Å²) >= 11 is 4.69. The van der Waals surface area contributed by atoms with Crippen molar-refractivity contribution in [1.82, 2.24) is 10.2 Å². The Morgan fingerprint density at radius 2 is 2.00 bits per heavy atom. The van der Waals surface area contributed by atoms with Gasteiger partial charge in [0.2, 0.25) is 11.0 Å². The van der Waals surface area contributed by atoms with Crippen LogP contribution in [0.4, 0.5) is 5.13 Å². The largest absolute Gasteiger partial charge is 0.300 e. The van der Waals surface area contributed by atoms with Crippen LogP contribution in [0.25, 0.3) is 0 Å². The predicted octanol–water partition coefficient (Wildman–Crippen LogP) is 3.31. The van der Waals surface area contributed by atoms with Crippen molar-refractivity contribution in [2.45, 2.75) is 25.5 Å². The van der Waals surface area contributed by atoms with Crippen molar-refractivity contribution < 1.29 is 9.00 Å². The molecule has 1 aromatic carbocycles. The molecule has 1 amide bonds. The van der Waals surface area contributed by atoms with Crippen LogP contribution in [-0.2, 0) is 21.3 Å². The first-order valence-electron chi connectivity index (χ1n) is 6.66. The highest BCUT2D eigenvalue weighted by atomic mass is 79.9. The van der Waals surface area contributed by atoms with Crippen LogP contribution in [0.15, 0.2) is 28.7 Å². The Kier molecular flexibility index (Phi) is 6.22. The number of hydrogen-bond acceptors (Lipinski definition) is 5. The molecule has 0 radical (unpaired) electrons. The standard InChI is InChI=1S/C14H16BrN3O2S2/c1-9(2)13-17-18-14(21-13)16-12(19)8-22(20)7-10-3-5-11(15)6-4-10/h3-6,9H,7-8H2,1-2H3,(H,16,18,19)/t22-/m1/s1. The van der Waals surface area contributed by atoms with Gasteiger partial charge in [-0.15, -0.1) is 10.2 Å². The smallest absolute Gasteiger partial charge is 0.238 e. The van der Waals surface area contributed by atoms with Gasteiger partial charge in [0.1, 0.15) is 10.8 Å². The maximum Gasteiger partial charge on any atom is 0.238 e. The van der Waals surface area contributed by atoms with E-state index < -0.39 is 10.8 Å². The minimum atomic E-state index is -1.25. The van der Waals surface area contributed by atoms with E-state index in [2.05, 4.69) is 31.4 Å². The molecule has 0 aliphatic carbocycles. The number of nitrogens with zero attached hydrogens (tertiary/aromatic N) is 2. The fourth-order valence-corrected chi connectivity index (χ4v) is 3.69. The van der Waals surface area contributed by atoms with Gasteiger partial charge >= 0.3 is 0 Å². The molecule has 1 aromatic heterocycles. The van der Waals surface area contributed by atoms with Gasteiger partial charge in [-0.25, -0.2) is 0 Å². The minimum absolute atomic E-state index is 0.0490. The van der Waals surface area contributed by atoms with E-state index in [1.54, 1.807) is 0 Å². The van der Waals surface area contributed by atoms with Gasteiger partial charge in [0.15, 0.2) is 0 Å². The van der Waals surface area contributed by atoms with E-state index in [0.29, 0.717) is 10.9 Å². The summed E-state index contributed by atoms with van der Waals surface area (Å²) in [5, 5.41) is 11.9. The van der Waals surface area contributed by atoms with Crippen LogP contribution in [0.5, 0.6) is 0 Å². The molecule has 2 aromatic rings. The molecule has 1 heterocycles. The van der Waals surface area contributed by atoms with Gasteiger partial charge in [-0.05, 0) is 17.7 Å². The molecule has 0 saturated carbocycles. The van der Waals surface area contributed by atoms with E-state index in [9.17, 15) is 9.00 Å². The Balaban J connectivity index is 1.85. The summed E-state index contributed by atoms with van der Waals surface area (Å²) in [6.07, 6.45) is 0. The van der Waals surface area contributed by atoms with Crippen molar-refractivity contribution in [3.05, 3.63) is 39.3 Å². The van der Waals surface area contributed by atoms with E-state index >= 15 is 0 Å². The fraction of sp³-hybridized carbons (Fsp3) is 0.357. The molecule has 0 bridgehead atoms. The molecule has 2 rings (SSSR count). The van der Waals surface area contributed by atoms with E-state index in [1.807, 2.05) is 38.1 Å². The van der Waals surface area contributed by atoms with Gasteiger partial charge in [-0.2, -0.15) is 0 Å². The highest BCUT2D eigenvalue weighted by molar-refractivity contribution is 9.10. The van der Waals surface area contributed by atoms with Crippen molar-refractivity contribution in [3.63, 3.8) is 0 Å². The third-order valence-corrected chi connectivity index (χ3v) is 5.62. The molecule has 5 nitrogen and oxygen atoms in total. The number of anilines is 1. The summed E-state index contributed by atoms with van der Waals surface area (Å²) in [6.45, 7) is 4.03. The van der Waals surface area contributed by atoms with E-state index in [-0.39, 0.29) is 17.6 Å². The second-order valence-electron chi connectivity index (χ2n) is 5.00. The maximum atomic E-state index is 12.0. The number of carbonyl (C=O) groups is 1. The lowest BCUT2D eigenvalue weighted by atomic mass is 10.2. The highest BCUT2D eigenvalue weighted by Crippen LogP contribution is 2.22. The van der Waals surface area contributed by atoms with Crippen molar-refractivity contribution in [3.8, 4) is 0 Å². The van der Waals surface area contributed by atoms with Gasteiger partial charge in [0, 0.05) is 26.9 Å². The second kappa shape index (κ2) is 7.94. The molecule has 0 spiro atoms. The zero-order valence-electron chi connectivity index (χ0n) is 12.2. The zero-order chi connectivity index (χ0) is 16.1. The van der Waals surface area contributed by atoms with Crippen LogP contribution < -0.4 is 5.32 Å². The summed E-state index contributed by atoms with van der Waals surface area (Å²) < 4.78 is 13.0. The molecule has 8 heteroatoms. The van der Waals surface area contributed by atoms with E-state index in [1.165, 1.54) is 11.3 Å². The number of nitrogens with one attached hydrogen (secondary N) is 1. The molecule has 1 atom stereocenters. The van der Waals surface area contributed by atoms with Crippen LogP contribution in [-0.4, -0.2) is 26.1 Å². The zero-order valence-corrected chi connectivity index (χ0v) is 15.4. The first-order chi connectivity index (χ1) is 10.4. The summed E-state index contributed by atoms with van der Waals surface area (Å²) in [4.78, 5) is 11.9. The van der Waals surface area contributed by atoms with Crippen LogP contribution in [0.3, 0.4) is 0 Å². The molecule has 0 aliphatic rings. The first-order valence-corrected chi connectivity index (χ1v) is 9.76. The monoisotopic (exact) mass is 401 g/mol. The lowest BCUT2D eigenvalue weighted by Crippen LogP contribution is -2.20. The average Bonchev–Trinajstić information content (AvgIpc) is 2.89. The first kappa shape index (κ1) is 17.2. The second-order valence-corrected chi connectivity index (χ2v) is 8.39. The molecule has 22 heavy (non-hydrogen) atoms. The lowest BCUT2D eigenvalue weighted by Gasteiger charge is -2.03. The quantitative estimate of drug-likeness (QED) is 0.805. The van der Waals surface area contributed by atoms with Crippen LogP contribution in [0.2, 0.25) is 0 Å². The SMILES string of the molecule is CC(C)c1nnc(NC(=O)C[S@](=O)Cc2ccc(Br)cc2)s1. The summed E-state index contributed by atoms with van der Waals surface area (Å²) in [5.41, 5.74) is 0.937. The average molecular weight is 402 g/mol. The van der Waals surface area contributed by atoms with E-state index in [4.69, 9.17) is 0 Å². The Bertz CT molecular complexity index is 671. The van der Waals surface area contributed by atoms with Crippen LogP contribution in [0.1, 0.15) is 30.3 Å². The Morgan fingerprint density at radius 3 is 2.59 bits per heavy atom. The molecule has 0 saturated heterocycles. The number of benzene rings is 1. The molecular formula is C14H16BrN3O2S2. The summed E-state index contributed by atoms with van der Waals surface area (Å²) in [7, 11) is -1.25. The van der Waals surface area contributed by atoms with Gasteiger partial charge < -0.3 is 0 Å². The number of aromatic nitrogens is 2. The van der Waals surface area contributed by atoms with Crippen molar-refractivity contribution >= 4 is 49.1 Å². The van der Waals surface area contributed by atoms with Gasteiger partial charge in [-0.1, -0.05) is 53.2 Å². The van der Waals surface area contributed by atoms with Crippen molar-refractivity contribution in [2.24, 2.45) is 0 Å². The normalized spacial score (nSPS) is 12.4. The highest BCUT2D eigenvalue weighted by Gasteiger charge is 2.13. The molecule has 1 N–H and O–H groups in total. The molecular weight excluding hydrogens is 386 g/mol. The van der Waals surface area contributed by atoms with E-state index in [0.717, 1.165) is 15.0 Å². The number of hydrogen-bond donors (Lipinski definition) is 1. The third kappa shape index (κ3) is 5.26. The number of rotatable bonds is 6. The molecule has 0 unspecified atom stereocenters. The Labute approximate surface area is 144 Å². The molecule has 0 fully saturated rings. The topological polar surface area (TPSA) is 72.0 Å². The summed E-state index contributed by atoms with van der Waals surface area (Å²) in [6, 6.07) is 7.56. The van der Waals surface area contributed by atoms with Crippen LogP contribution in [0, 0.1) is 0 Å². The minimum Gasteiger partial charge on any atom is -0.300 e. The number of halogens is 1. The van der Waals surface area contributed by atoms with Gasteiger partial charge in [-0.3, -0.25) is 14.3 Å². The summed E-state index contributed by atoms with van der Waals surface area (Å²) in [5.74, 6) is 0.275. The predicted molar refractivity (Wildman–Crippen MR) is 93.5 cm³/mol. The maximum absolute atomic E-state index is 12.0.